The van der Waals surface area contributed by atoms with Crippen LogP contribution in [-0.4, -0.2) is 30.4 Å². The van der Waals surface area contributed by atoms with E-state index in [1.165, 1.54) is 39.3 Å². The van der Waals surface area contributed by atoms with Crippen LogP contribution in [-0.2, 0) is 16.6 Å². The highest BCUT2D eigenvalue weighted by molar-refractivity contribution is 7.89. The maximum absolute atomic E-state index is 13.1. The summed E-state index contributed by atoms with van der Waals surface area (Å²) in [4.78, 5) is 12.1. The van der Waals surface area contributed by atoms with Gasteiger partial charge in [-0.05, 0) is 23.8 Å². The third-order valence-electron chi connectivity index (χ3n) is 3.66. The molecule has 1 aromatic heterocycles. The normalized spacial score (nSPS) is 11.9. The lowest BCUT2D eigenvalue weighted by Crippen LogP contribution is -2.32. The van der Waals surface area contributed by atoms with Crippen LogP contribution in [0.2, 0.25) is 5.02 Å². The molecule has 2 rings (SSSR count). The number of pyridine rings is 1. The van der Waals surface area contributed by atoms with Crippen molar-refractivity contribution >= 4 is 21.6 Å². The highest BCUT2D eigenvalue weighted by atomic mass is 35.5. The smallest absolute Gasteiger partial charge is 0.250 e. The molecule has 0 N–H and O–H groups in total. The molecule has 0 unspecified atom stereocenters. The Hall–Kier alpha value is -1.70. The average Bonchev–Trinajstić information content (AvgIpc) is 2.52. The number of rotatable bonds is 6. The summed E-state index contributed by atoms with van der Waals surface area (Å²) in [6.45, 7) is 4.22. The Balaban J connectivity index is 2.44. The summed E-state index contributed by atoms with van der Waals surface area (Å²) in [5.74, 6) is -0.478. The Kier molecular flexibility index (Phi) is 5.79. The molecule has 1 aromatic carbocycles. The van der Waals surface area contributed by atoms with E-state index < -0.39 is 15.8 Å². The predicted octanol–water partition coefficient (Wildman–Crippen LogP) is 2.72. The number of sulfonamides is 1. The second-order valence-electron chi connectivity index (χ2n) is 5.16. The van der Waals surface area contributed by atoms with Crippen molar-refractivity contribution in [2.45, 2.75) is 25.3 Å². The Morgan fingerprint density at radius 3 is 2.42 bits per heavy atom. The first kappa shape index (κ1) is 18.6. The van der Waals surface area contributed by atoms with Crippen molar-refractivity contribution in [3.8, 4) is 0 Å². The van der Waals surface area contributed by atoms with E-state index >= 15 is 0 Å². The zero-order valence-electron chi connectivity index (χ0n) is 13.4. The highest BCUT2D eigenvalue weighted by Gasteiger charge is 2.22. The van der Waals surface area contributed by atoms with E-state index in [9.17, 15) is 17.6 Å². The third-order valence-corrected chi connectivity index (χ3v) is 6.04. The van der Waals surface area contributed by atoms with Gasteiger partial charge in [-0.25, -0.2) is 12.8 Å². The first-order valence-electron chi connectivity index (χ1n) is 7.44. The number of hydrogen-bond acceptors (Lipinski definition) is 3. The van der Waals surface area contributed by atoms with Crippen molar-refractivity contribution in [1.29, 1.82) is 0 Å². The minimum atomic E-state index is -3.67. The summed E-state index contributed by atoms with van der Waals surface area (Å²) in [5, 5.41) is 0.180. The van der Waals surface area contributed by atoms with E-state index in [1.54, 1.807) is 13.8 Å². The predicted molar refractivity (Wildman–Crippen MR) is 91.3 cm³/mol. The fourth-order valence-corrected chi connectivity index (χ4v) is 4.04. The van der Waals surface area contributed by atoms with Crippen molar-refractivity contribution in [2.24, 2.45) is 0 Å². The molecule has 0 spiro atoms. The molecule has 0 bridgehead atoms. The fourth-order valence-electron chi connectivity index (χ4n) is 2.33. The second-order valence-corrected chi connectivity index (χ2v) is 7.50. The van der Waals surface area contributed by atoms with E-state index in [4.69, 9.17) is 11.6 Å². The minimum absolute atomic E-state index is 0.0315. The molecule has 8 heteroatoms. The van der Waals surface area contributed by atoms with Gasteiger partial charge in [-0.1, -0.05) is 31.5 Å². The molecule has 0 amide bonds. The Labute approximate surface area is 145 Å². The van der Waals surface area contributed by atoms with Crippen LogP contribution in [0.4, 0.5) is 4.39 Å². The quantitative estimate of drug-likeness (QED) is 0.783. The number of aromatic nitrogens is 1. The van der Waals surface area contributed by atoms with Gasteiger partial charge in [0.15, 0.2) is 0 Å². The molecule has 2 aromatic rings. The van der Waals surface area contributed by atoms with Gasteiger partial charge in [0.1, 0.15) is 5.82 Å². The van der Waals surface area contributed by atoms with Crippen LogP contribution in [0, 0.1) is 5.82 Å². The molecular formula is C16H18ClFN2O3S. The molecule has 0 fully saturated rings. The molecule has 130 valence electrons. The van der Waals surface area contributed by atoms with Gasteiger partial charge in [-0.3, -0.25) is 4.79 Å². The third kappa shape index (κ3) is 3.85. The van der Waals surface area contributed by atoms with Gasteiger partial charge < -0.3 is 4.57 Å². The van der Waals surface area contributed by atoms with Gasteiger partial charge in [-0.15, -0.1) is 0 Å². The van der Waals surface area contributed by atoms with Gasteiger partial charge >= 0.3 is 0 Å². The van der Waals surface area contributed by atoms with E-state index in [1.807, 2.05) is 0 Å². The number of halogens is 2. The molecule has 0 atom stereocenters. The molecule has 0 aliphatic carbocycles. The van der Waals surface area contributed by atoms with Crippen LogP contribution in [0.1, 0.15) is 19.4 Å². The van der Waals surface area contributed by atoms with Crippen LogP contribution in [0.3, 0.4) is 0 Å². The molecule has 0 aliphatic rings. The van der Waals surface area contributed by atoms with Crippen LogP contribution in [0.15, 0.2) is 46.2 Å². The summed E-state index contributed by atoms with van der Waals surface area (Å²) in [7, 11) is -3.67. The van der Waals surface area contributed by atoms with Gasteiger partial charge in [0, 0.05) is 30.4 Å². The molecule has 24 heavy (non-hydrogen) atoms. The summed E-state index contributed by atoms with van der Waals surface area (Å²) >= 11 is 5.97. The topological polar surface area (TPSA) is 59.4 Å². The highest BCUT2D eigenvalue weighted by Crippen LogP contribution is 2.19. The second kappa shape index (κ2) is 7.46. The van der Waals surface area contributed by atoms with E-state index in [2.05, 4.69) is 0 Å². The molecule has 0 radical (unpaired) electrons. The van der Waals surface area contributed by atoms with E-state index in [0.717, 1.165) is 6.07 Å². The Morgan fingerprint density at radius 1 is 1.17 bits per heavy atom. The lowest BCUT2D eigenvalue weighted by Gasteiger charge is -2.19. The molecular weight excluding hydrogens is 355 g/mol. The fraction of sp³-hybridized carbons (Fsp3) is 0.312. The SMILES string of the molecule is CCN(CC)S(=O)(=O)c1ccc(=O)n(Cc2ccc(F)cc2Cl)c1. The van der Waals surface area contributed by atoms with Crippen molar-refractivity contribution in [3.63, 3.8) is 0 Å². The van der Waals surface area contributed by atoms with Gasteiger partial charge in [0.2, 0.25) is 10.0 Å². The lowest BCUT2D eigenvalue weighted by molar-refractivity contribution is 0.444. The van der Waals surface area contributed by atoms with Crippen LogP contribution < -0.4 is 5.56 Å². The first-order chi connectivity index (χ1) is 11.3. The zero-order chi connectivity index (χ0) is 17.9. The standard InChI is InChI=1S/C16H18ClFN2O3S/c1-3-20(4-2)24(22,23)14-7-8-16(21)19(11-14)10-12-5-6-13(18)9-15(12)17/h5-9,11H,3-4,10H2,1-2H3. The number of benzene rings is 1. The van der Waals surface area contributed by atoms with Crippen molar-refractivity contribution in [1.82, 2.24) is 8.87 Å². The van der Waals surface area contributed by atoms with Crippen LogP contribution >= 0.6 is 11.6 Å². The number of nitrogens with zero attached hydrogens (tertiary/aromatic N) is 2. The summed E-state index contributed by atoms with van der Waals surface area (Å²) in [6.07, 6.45) is 1.29. The molecule has 0 saturated carbocycles. The summed E-state index contributed by atoms with van der Waals surface area (Å²) in [5.41, 5.74) is 0.159. The van der Waals surface area contributed by atoms with Crippen LogP contribution in [0.25, 0.3) is 0 Å². The molecule has 0 saturated heterocycles. The van der Waals surface area contributed by atoms with Crippen molar-refractivity contribution < 1.29 is 12.8 Å². The average molecular weight is 373 g/mol. The maximum atomic E-state index is 13.1. The maximum Gasteiger partial charge on any atom is 0.250 e. The van der Waals surface area contributed by atoms with E-state index in [-0.39, 0.29) is 22.0 Å². The van der Waals surface area contributed by atoms with Gasteiger partial charge in [0.25, 0.3) is 5.56 Å². The van der Waals surface area contributed by atoms with Gasteiger partial charge in [-0.2, -0.15) is 4.31 Å². The molecule has 1 heterocycles. The molecule has 0 aliphatic heterocycles. The monoisotopic (exact) mass is 372 g/mol. The Bertz CT molecular complexity index is 892. The van der Waals surface area contributed by atoms with Crippen molar-refractivity contribution in [2.75, 3.05) is 13.1 Å². The lowest BCUT2D eigenvalue weighted by atomic mass is 10.2. The minimum Gasteiger partial charge on any atom is -0.310 e. The van der Waals surface area contributed by atoms with Gasteiger partial charge in [0.05, 0.1) is 11.4 Å². The molecule has 5 nitrogen and oxygen atoms in total. The number of hydrogen-bond donors (Lipinski definition) is 0. The van der Waals surface area contributed by atoms with E-state index in [0.29, 0.717) is 18.7 Å². The van der Waals surface area contributed by atoms with Crippen LogP contribution in [0.5, 0.6) is 0 Å². The Morgan fingerprint density at radius 2 is 1.83 bits per heavy atom. The largest absolute Gasteiger partial charge is 0.310 e. The summed E-state index contributed by atoms with van der Waals surface area (Å²) < 4.78 is 40.8. The first-order valence-corrected chi connectivity index (χ1v) is 9.26. The zero-order valence-corrected chi connectivity index (χ0v) is 14.9. The summed E-state index contributed by atoms with van der Waals surface area (Å²) in [6, 6.07) is 6.35. The van der Waals surface area contributed by atoms with Crippen molar-refractivity contribution in [3.05, 3.63) is 63.3 Å².